The molecule has 0 aromatic heterocycles. The summed E-state index contributed by atoms with van der Waals surface area (Å²) < 4.78 is 14.0. The van der Waals surface area contributed by atoms with E-state index < -0.39 is 6.17 Å². The molecule has 1 fully saturated rings. The Hall–Kier alpha value is -2.18. The predicted molar refractivity (Wildman–Crippen MR) is 134 cm³/mol. The van der Waals surface area contributed by atoms with Gasteiger partial charge in [0.25, 0.3) is 0 Å². The second-order valence-corrected chi connectivity index (χ2v) is 9.19. The molecule has 0 amide bonds. The number of benzene rings is 2. The van der Waals surface area contributed by atoms with Crippen LogP contribution in [-0.4, -0.2) is 29.7 Å². The van der Waals surface area contributed by atoms with Gasteiger partial charge in [-0.2, -0.15) is 5.26 Å². The van der Waals surface area contributed by atoms with Crippen LogP contribution >= 0.6 is 0 Å². The lowest BCUT2D eigenvalue weighted by atomic mass is 9.94. The Balaban J connectivity index is 0.00000114. The minimum Gasteiger partial charge on any atom is -0.298 e. The van der Waals surface area contributed by atoms with Crippen molar-refractivity contribution >= 4 is 0 Å². The zero-order valence-electron chi connectivity index (χ0n) is 20.4. The van der Waals surface area contributed by atoms with Crippen LogP contribution in [0.5, 0.6) is 0 Å². The first-order valence-corrected chi connectivity index (χ1v) is 12.3. The molecule has 1 saturated carbocycles. The van der Waals surface area contributed by atoms with Crippen LogP contribution in [0.3, 0.4) is 0 Å². The van der Waals surface area contributed by atoms with Crippen LogP contribution in [0.15, 0.2) is 54.6 Å². The molecule has 0 bridgehead atoms. The Kier molecular flexibility index (Phi) is 11.5. The lowest BCUT2D eigenvalue weighted by Crippen LogP contribution is -2.41. The summed E-state index contributed by atoms with van der Waals surface area (Å²) in [4.78, 5) is 2.67. The molecule has 0 saturated heterocycles. The third kappa shape index (κ3) is 8.06. The normalized spacial score (nSPS) is 18.8. The summed E-state index contributed by atoms with van der Waals surface area (Å²) in [6.45, 7) is 9.49. The Labute approximate surface area is 195 Å². The van der Waals surface area contributed by atoms with Crippen LogP contribution in [0.4, 0.5) is 4.39 Å². The van der Waals surface area contributed by atoms with Crippen molar-refractivity contribution in [2.24, 2.45) is 0 Å². The fraction of sp³-hybridized carbons (Fsp3) is 0.552. The third-order valence-electron chi connectivity index (χ3n) is 6.71. The van der Waals surface area contributed by atoms with Crippen LogP contribution < -0.4 is 0 Å². The number of hydrogen-bond donors (Lipinski definition) is 0. The molecule has 1 aliphatic rings. The number of alkyl halides is 1. The first-order chi connectivity index (χ1) is 15.5. The fourth-order valence-corrected chi connectivity index (χ4v) is 4.92. The number of nitriles is 1. The molecule has 2 nitrogen and oxygen atoms in total. The minimum absolute atomic E-state index is 0.127. The van der Waals surface area contributed by atoms with E-state index in [1.807, 2.05) is 0 Å². The standard InChI is InChI=1S/C27H38FN.C2H3N/c1-4-25(29(21(2)3)20-19-22-9-6-5-7-10-22)18-15-23-13-16-24(17-14-23)26-11-8-12-27(26)28;1-2-3/h5-7,9-10,13-14,16-17,21,25-27H,4,8,11-12,15,18-20H2,1-3H3;1H3. The highest BCUT2D eigenvalue weighted by atomic mass is 19.1. The predicted octanol–water partition coefficient (Wildman–Crippen LogP) is 7.49. The van der Waals surface area contributed by atoms with E-state index in [-0.39, 0.29) is 5.92 Å². The monoisotopic (exact) mass is 436 g/mol. The van der Waals surface area contributed by atoms with E-state index in [2.05, 4.69) is 80.3 Å². The lowest BCUT2D eigenvalue weighted by molar-refractivity contribution is 0.143. The SMILES string of the molecule is CC#N.CCC(CCc1ccc(C2CCCC2F)cc1)N(CCc1ccccc1)C(C)C. The number of halogens is 1. The molecule has 3 atom stereocenters. The van der Waals surface area contributed by atoms with E-state index in [1.54, 1.807) is 6.07 Å². The minimum atomic E-state index is -0.644. The average Bonchev–Trinajstić information content (AvgIpc) is 3.23. The molecule has 3 heteroatoms. The van der Waals surface area contributed by atoms with Gasteiger partial charge in [0.05, 0.1) is 6.07 Å². The molecule has 3 unspecified atom stereocenters. The van der Waals surface area contributed by atoms with Crippen molar-refractivity contribution < 1.29 is 4.39 Å². The molecule has 0 aliphatic heterocycles. The molecule has 1 aliphatic carbocycles. The molecule has 3 rings (SSSR count). The molecule has 0 N–H and O–H groups in total. The summed E-state index contributed by atoms with van der Waals surface area (Å²) in [5.74, 6) is 0.127. The number of nitrogens with zero attached hydrogens (tertiary/aromatic N) is 2. The van der Waals surface area contributed by atoms with Crippen LogP contribution in [0.25, 0.3) is 0 Å². The van der Waals surface area contributed by atoms with Gasteiger partial charge in [0.15, 0.2) is 0 Å². The van der Waals surface area contributed by atoms with Crippen LogP contribution in [0, 0.1) is 11.3 Å². The van der Waals surface area contributed by atoms with Crippen molar-refractivity contribution in [1.82, 2.24) is 4.90 Å². The van der Waals surface area contributed by atoms with Gasteiger partial charge in [-0.05, 0) is 75.5 Å². The quantitative estimate of drug-likeness (QED) is 0.386. The van der Waals surface area contributed by atoms with Gasteiger partial charge in [0, 0.05) is 31.5 Å². The van der Waals surface area contributed by atoms with Crippen molar-refractivity contribution in [1.29, 1.82) is 5.26 Å². The van der Waals surface area contributed by atoms with Gasteiger partial charge in [-0.3, -0.25) is 4.90 Å². The van der Waals surface area contributed by atoms with Crippen molar-refractivity contribution in [3.8, 4) is 6.07 Å². The van der Waals surface area contributed by atoms with E-state index in [1.165, 1.54) is 36.5 Å². The van der Waals surface area contributed by atoms with Gasteiger partial charge >= 0.3 is 0 Å². The molecule has 0 spiro atoms. The Bertz CT molecular complexity index is 794. The van der Waals surface area contributed by atoms with E-state index in [4.69, 9.17) is 5.26 Å². The van der Waals surface area contributed by atoms with Crippen LogP contribution in [-0.2, 0) is 12.8 Å². The summed E-state index contributed by atoms with van der Waals surface area (Å²) in [5, 5.41) is 7.32. The second kappa shape index (κ2) is 14.1. The Morgan fingerprint density at radius 2 is 1.62 bits per heavy atom. The van der Waals surface area contributed by atoms with Gasteiger partial charge in [-0.25, -0.2) is 4.39 Å². The average molecular weight is 437 g/mol. The van der Waals surface area contributed by atoms with E-state index in [0.29, 0.717) is 12.1 Å². The lowest BCUT2D eigenvalue weighted by Gasteiger charge is -2.35. The van der Waals surface area contributed by atoms with E-state index in [9.17, 15) is 4.39 Å². The van der Waals surface area contributed by atoms with Crippen LogP contribution in [0.1, 0.15) is 82.4 Å². The van der Waals surface area contributed by atoms with Crippen LogP contribution in [0.2, 0.25) is 0 Å². The first kappa shape index (κ1) is 26.1. The number of rotatable bonds is 10. The third-order valence-corrected chi connectivity index (χ3v) is 6.71. The summed E-state index contributed by atoms with van der Waals surface area (Å²) >= 11 is 0. The van der Waals surface area contributed by atoms with Gasteiger partial charge in [0.1, 0.15) is 6.17 Å². The number of hydrogen-bond acceptors (Lipinski definition) is 2. The smallest absolute Gasteiger partial charge is 0.107 e. The van der Waals surface area contributed by atoms with E-state index >= 15 is 0 Å². The Morgan fingerprint density at radius 3 is 2.16 bits per heavy atom. The zero-order valence-corrected chi connectivity index (χ0v) is 20.4. The Morgan fingerprint density at radius 1 is 1.00 bits per heavy atom. The highest BCUT2D eigenvalue weighted by molar-refractivity contribution is 5.27. The van der Waals surface area contributed by atoms with Crippen molar-refractivity contribution in [3.63, 3.8) is 0 Å². The summed E-state index contributed by atoms with van der Waals surface area (Å²) in [6.07, 6.45) is 6.68. The maximum atomic E-state index is 14.0. The molecule has 0 radical (unpaired) electrons. The van der Waals surface area contributed by atoms with Gasteiger partial charge in [-0.1, -0.05) is 61.5 Å². The molecule has 174 valence electrons. The maximum Gasteiger partial charge on any atom is 0.107 e. The highest BCUT2D eigenvalue weighted by Gasteiger charge is 2.28. The molecular weight excluding hydrogens is 395 g/mol. The summed E-state index contributed by atoms with van der Waals surface area (Å²) in [5.41, 5.74) is 3.99. The first-order valence-electron chi connectivity index (χ1n) is 12.3. The fourth-order valence-electron chi connectivity index (χ4n) is 4.92. The number of aryl methyl sites for hydroxylation is 1. The van der Waals surface area contributed by atoms with Gasteiger partial charge in [-0.15, -0.1) is 0 Å². The topological polar surface area (TPSA) is 27.0 Å². The molecule has 32 heavy (non-hydrogen) atoms. The van der Waals surface area contributed by atoms with Crippen molar-refractivity contribution in [2.75, 3.05) is 6.54 Å². The van der Waals surface area contributed by atoms with Crippen molar-refractivity contribution in [2.45, 2.75) is 96.8 Å². The molecule has 2 aromatic carbocycles. The zero-order chi connectivity index (χ0) is 23.3. The molecule has 0 heterocycles. The second-order valence-electron chi connectivity index (χ2n) is 9.19. The highest BCUT2D eigenvalue weighted by Crippen LogP contribution is 2.36. The summed E-state index contributed by atoms with van der Waals surface area (Å²) in [7, 11) is 0. The maximum absolute atomic E-state index is 14.0. The van der Waals surface area contributed by atoms with E-state index in [0.717, 1.165) is 38.6 Å². The molecule has 2 aromatic rings. The largest absolute Gasteiger partial charge is 0.298 e. The van der Waals surface area contributed by atoms with Gasteiger partial charge < -0.3 is 0 Å². The van der Waals surface area contributed by atoms with Gasteiger partial charge in [0.2, 0.25) is 0 Å². The molecular formula is C29H41FN2. The van der Waals surface area contributed by atoms with Crippen molar-refractivity contribution in [3.05, 3.63) is 71.3 Å². The summed E-state index contributed by atoms with van der Waals surface area (Å²) in [6, 6.07) is 22.5.